The second-order valence-corrected chi connectivity index (χ2v) is 4.46. The van der Waals surface area contributed by atoms with Gasteiger partial charge in [-0.1, -0.05) is 18.2 Å². The minimum Gasteiger partial charge on any atom is -0.496 e. The highest BCUT2D eigenvalue weighted by Gasteiger charge is 2.26. The van der Waals surface area contributed by atoms with Crippen molar-refractivity contribution >= 4 is 0 Å². The van der Waals surface area contributed by atoms with Crippen LogP contribution in [0, 0.1) is 6.92 Å². The number of rotatable bonds is 5. The van der Waals surface area contributed by atoms with Crippen molar-refractivity contribution in [1.82, 2.24) is 0 Å². The normalized spacial score (nSPS) is 14.1. The smallest absolute Gasteiger partial charge is 0.122 e. The van der Waals surface area contributed by atoms with Crippen molar-refractivity contribution in [3.05, 3.63) is 53.5 Å². The van der Waals surface area contributed by atoms with Gasteiger partial charge in [-0.05, 0) is 19.1 Å². The second kappa shape index (κ2) is 5.91. The van der Waals surface area contributed by atoms with Crippen molar-refractivity contribution < 1.29 is 14.3 Å². The molecule has 1 heterocycles. The summed E-state index contributed by atoms with van der Waals surface area (Å²) in [5.41, 5.74) is 7.51. The number of hydrogen-bond acceptors (Lipinski definition) is 4. The van der Waals surface area contributed by atoms with Gasteiger partial charge in [0, 0.05) is 23.6 Å². The van der Waals surface area contributed by atoms with Crippen molar-refractivity contribution in [3.8, 4) is 5.75 Å². The Kier molecular flexibility index (Phi) is 4.24. The zero-order valence-corrected chi connectivity index (χ0v) is 11.2. The topological polar surface area (TPSA) is 68.6 Å². The van der Waals surface area contributed by atoms with Gasteiger partial charge in [0.15, 0.2) is 0 Å². The summed E-state index contributed by atoms with van der Waals surface area (Å²) < 4.78 is 10.6. The molecular formula is C15H19NO3. The molecule has 0 aliphatic heterocycles. The summed E-state index contributed by atoms with van der Waals surface area (Å²) in [7, 11) is 1.61. The molecule has 2 atom stereocenters. The molecule has 4 heteroatoms. The third-order valence-corrected chi connectivity index (χ3v) is 3.39. The fourth-order valence-electron chi connectivity index (χ4n) is 2.32. The predicted molar refractivity (Wildman–Crippen MR) is 73.2 cm³/mol. The molecule has 2 aromatic rings. The van der Waals surface area contributed by atoms with E-state index in [0.717, 1.165) is 16.9 Å². The van der Waals surface area contributed by atoms with Crippen LogP contribution in [0.3, 0.4) is 0 Å². The average molecular weight is 261 g/mol. The highest BCUT2D eigenvalue weighted by atomic mass is 16.5. The van der Waals surface area contributed by atoms with E-state index in [1.165, 1.54) is 0 Å². The molecule has 0 amide bonds. The van der Waals surface area contributed by atoms with E-state index in [0.29, 0.717) is 12.3 Å². The summed E-state index contributed by atoms with van der Waals surface area (Å²) in [5.74, 6) is 1.21. The first-order chi connectivity index (χ1) is 9.19. The van der Waals surface area contributed by atoms with Gasteiger partial charge in [-0.25, -0.2) is 0 Å². The number of ether oxygens (including phenoxy) is 1. The van der Waals surface area contributed by atoms with Crippen molar-refractivity contribution in [2.45, 2.75) is 18.9 Å². The van der Waals surface area contributed by atoms with Crippen LogP contribution in [0.2, 0.25) is 0 Å². The van der Waals surface area contributed by atoms with Gasteiger partial charge < -0.3 is 20.0 Å². The lowest BCUT2D eigenvalue weighted by Gasteiger charge is -2.23. The van der Waals surface area contributed by atoms with Gasteiger partial charge in [-0.15, -0.1) is 0 Å². The number of aliphatic hydroxyl groups is 1. The number of benzene rings is 1. The lowest BCUT2D eigenvalue weighted by atomic mass is 9.89. The van der Waals surface area contributed by atoms with E-state index in [4.69, 9.17) is 14.9 Å². The van der Waals surface area contributed by atoms with Crippen LogP contribution in [0.1, 0.15) is 28.9 Å². The molecule has 0 saturated carbocycles. The lowest BCUT2D eigenvalue weighted by Crippen LogP contribution is -2.21. The molecule has 3 N–H and O–H groups in total. The summed E-state index contributed by atoms with van der Waals surface area (Å²) >= 11 is 0. The van der Waals surface area contributed by atoms with Gasteiger partial charge in [0.05, 0.1) is 19.5 Å². The minimum atomic E-state index is -0.708. The Labute approximate surface area is 112 Å². The van der Waals surface area contributed by atoms with E-state index in [1.807, 2.05) is 31.2 Å². The molecule has 0 aliphatic carbocycles. The van der Waals surface area contributed by atoms with Crippen LogP contribution in [0.4, 0.5) is 0 Å². The molecule has 0 saturated heterocycles. The largest absolute Gasteiger partial charge is 0.496 e. The molecule has 1 aromatic carbocycles. The summed E-state index contributed by atoms with van der Waals surface area (Å²) in [4.78, 5) is 0. The molecule has 4 nitrogen and oxygen atoms in total. The Morgan fingerprint density at radius 2 is 2.00 bits per heavy atom. The molecular weight excluding hydrogens is 242 g/mol. The Morgan fingerprint density at radius 1 is 1.26 bits per heavy atom. The van der Waals surface area contributed by atoms with Crippen LogP contribution in [0.25, 0.3) is 0 Å². The number of hydrogen-bond donors (Lipinski definition) is 2. The number of aryl methyl sites for hydroxylation is 1. The molecule has 19 heavy (non-hydrogen) atoms. The van der Waals surface area contributed by atoms with E-state index in [2.05, 4.69) is 0 Å². The molecule has 2 rings (SSSR count). The van der Waals surface area contributed by atoms with E-state index in [-0.39, 0.29) is 5.92 Å². The van der Waals surface area contributed by atoms with Gasteiger partial charge in [0.2, 0.25) is 0 Å². The lowest BCUT2D eigenvalue weighted by molar-refractivity contribution is 0.144. The van der Waals surface area contributed by atoms with Crippen molar-refractivity contribution in [3.63, 3.8) is 0 Å². The molecule has 0 fully saturated rings. The maximum absolute atomic E-state index is 10.5. The SMILES string of the molecule is COc1ccccc1C(CN)C(O)c1ccoc1C. The van der Waals surface area contributed by atoms with Crippen LogP contribution < -0.4 is 10.5 Å². The van der Waals surface area contributed by atoms with Gasteiger partial charge in [0.25, 0.3) is 0 Å². The summed E-state index contributed by atoms with van der Waals surface area (Å²) in [6, 6.07) is 9.38. The van der Waals surface area contributed by atoms with Crippen molar-refractivity contribution in [2.24, 2.45) is 5.73 Å². The van der Waals surface area contributed by atoms with E-state index in [1.54, 1.807) is 19.4 Å². The zero-order chi connectivity index (χ0) is 13.8. The minimum absolute atomic E-state index is 0.229. The van der Waals surface area contributed by atoms with Crippen LogP contribution in [0.15, 0.2) is 41.0 Å². The monoisotopic (exact) mass is 261 g/mol. The number of para-hydroxylation sites is 1. The number of aliphatic hydroxyl groups excluding tert-OH is 1. The molecule has 2 unspecified atom stereocenters. The first-order valence-electron chi connectivity index (χ1n) is 6.24. The van der Waals surface area contributed by atoms with Crippen molar-refractivity contribution in [1.29, 1.82) is 0 Å². The first kappa shape index (κ1) is 13.6. The van der Waals surface area contributed by atoms with Gasteiger partial charge in [-0.3, -0.25) is 0 Å². The summed E-state index contributed by atoms with van der Waals surface area (Å²) in [6.45, 7) is 2.15. The quantitative estimate of drug-likeness (QED) is 0.867. The standard InChI is InChI=1S/C15H19NO3/c1-10-11(7-8-19-10)15(17)13(9-16)12-5-3-4-6-14(12)18-2/h3-8,13,15,17H,9,16H2,1-2H3. The van der Waals surface area contributed by atoms with Crippen LogP contribution in [-0.4, -0.2) is 18.8 Å². The maximum Gasteiger partial charge on any atom is 0.122 e. The molecule has 1 aromatic heterocycles. The highest BCUT2D eigenvalue weighted by Crippen LogP contribution is 2.36. The van der Waals surface area contributed by atoms with Crippen LogP contribution in [0.5, 0.6) is 5.75 Å². The molecule has 0 aliphatic rings. The van der Waals surface area contributed by atoms with E-state index in [9.17, 15) is 5.11 Å². The van der Waals surface area contributed by atoms with Crippen molar-refractivity contribution in [2.75, 3.05) is 13.7 Å². The average Bonchev–Trinajstić information content (AvgIpc) is 2.86. The first-order valence-corrected chi connectivity index (χ1v) is 6.24. The van der Waals surface area contributed by atoms with Gasteiger partial charge >= 0.3 is 0 Å². The molecule has 0 radical (unpaired) electrons. The number of nitrogens with two attached hydrogens (primary N) is 1. The Bertz CT molecular complexity index is 536. The Hall–Kier alpha value is -1.78. The van der Waals surface area contributed by atoms with E-state index < -0.39 is 6.10 Å². The summed E-state index contributed by atoms with van der Waals surface area (Å²) in [6.07, 6.45) is 0.865. The van der Waals surface area contributed by atoms with Gasteiger partial charge in [-0.2, -0.15) is 0 Å². The maximum atomic E-state index is 10.5. The third kappa shape index (κ3) is 2.64. The molecule has 0 bridgehead atoms. The van der Waals surface area contributed by atoms with Gasteiger partial charge in [0.1, 0.15) is 11.5 Å². The highest BCUT2D eigenvalue weighted by molar-refractivity contribution is 5.38. The Balaban J connectivity index is 2.37. The zero-order valence-electron chi connectivity index (χ0n) is 11.2. The Morgan fingerprint density at radius 3 is 2.58 bits per heavy atom. The number of methoxy groups -OCH3 is 1. The third-order valence-electron chi connectivity index (χ3n) is 3.39. The molecule has 102 valence electrons. The van der Waals surface area contributed by atoms with Crippen LogP contribution >= 0.6 is 0 Å². The fourth-order valence-corrected chi connectivity index (χ4v) is 2.32. The van der Waals surface area contributed by atoms with Crippen LogP contribution in [-0.2, 0) is 0 Å². The second-order valence-electron chi connectivity index (χ2n) is 4.46. The summed E-state index contributed by atoms with van der Waals surface area (Å²) in [5, 5.41) is 10.5. The predicted octanol–water partition coefficient (Wildman–Crippen LogP) is 2.37. The van der Waals surface area contributed by atoms with E-state index >= 15 is 0 Å². The molecule has 0 spiro atoms. The number of furan rings is 1. The fraction of sp³-hybridized carbons (Fsp3) is 0.333.